The van der Waals surface area contributed by atoms with Gasteiger partial charge >= 0.3 is 0 Å². The normalized spacial score (nSPS) is 10.9. The lowest BCUT2D eigenvalue weighted by Crippen LogP contribution is -2.24. The van der Waals surface area contributed by atoms with Crippen molar-refractivity contribution in [1.29, 1.82) is 0 Å². The highest BCUT2D eigenvalue weighted by atomic mass is 16.1. The van der Waals surface area contributed by atoms with Gasteiger partial charge in [0.05, 0.1) is 17.4 Å². The molecule has 4 aromatic rings. The molecule has 0 fully saturated rings. The van der Waals surface area contributed by atoms with Crippen LogP contribution in [0.25, 0.3) is 22.3 Å². The van der Waals surface area contributed by atoms with Gasteiger partial charge in [-0.05, 0) is 36.8 Å². The number of para-hydroxylation sites is 1. The number of aryl methyl sites for hydroxylation is 1. The Bertz CT molecular complexity index is 1080. The first kappa shape index (κ1) is 15.3. The molecule has 0 atom stereocenters. The van der Waals surface area contributed by atoms with Gasteiger partial charge < -0.3 is 0 Å². The third-order valence-corrected chi connectivity index (χ3v) is 4.26. The van der Waals surface area contributed by atoms with E-state index in [-0.39, 0.29) is 5.56 Å². The van der Waals surface area contributed by atoms with Crippen LogP contribution in [0.2, 0.25) is 0 Å². The van der Waals surface area contributed by atoms with Crippen molar-refractivity contribution in [3.63, 3.8) is 0 Å². The van der Waals surface area contributed by atoms with Crippen LogP contribution in [-0.4, -0.2) is 14.5 Å². The van der Waals surface area contributed by atoms with Gasteiger partial charge in [0.15, 0.2) is 0 Å². The van der Waals surface area contributed by atoms with Crippen molar-refractivity contribution in [2.75, 3.05) is 0 Å². The minimum absolute atomic E-state index is 0.0296. The molecule has 0 unspecified atom stereocenters. The molecule has 122 valence electrons. The van der Waals surface area contributed by atoms with E-state index < -0.39 is 0 Å². The van der Waals surface area contributed by atoms with E-state index in [2.05, 4.69) is 4.98 Å². The van der Waals surface area contributed by atoms with Crippen LogP contribution in [0, 0.1) is 6.92 Å². The molecule has 0 aliphatic carbocycles. The van der Waals surface area contributed by atoms with Gasteiger partial charge in [0.25, 0.3) is 5.56 Å². The molecule has 0 saturated carbocycles. The Hall–Kier alpha value is -3.27. The Morgan fingerprint density at radius 3 is 2.40 bits per heavy atom. The highest BCUT2D eigenvalue weighted by Gasteiger charge is 2.13. The number of rotatable bonds is 3. The van der Waals surface area contributed by atoms with Gasteiger partial charge in [-0.2, -0.15) is 0 Å². The highest BCUT2D eigenvalue weighted by Crippen LogP contribution is 2.20. The van der Waals surface area contributed by atoms with Crippen LogP contribution in [0.4, 0.5) is 0 Å². The van der Waals surface area contributed by atoms with Gasteiger partial charge in [-0.15, -0.1) is 0 Å². The third kappa shape index (κ3) is 2.94. The molecule has 4 heteroatoms. The van der Waals surface area contributed by atoms with E-state index in [1.807, 2.05) is 67.6 Å². The fraction of sp³-hybridized carbons (Fsp3) is 0.0952. The molecule has 0 aliphatic rings. The first-order chi connectivity index (χ1) is 12.2. The minimum atomic E-state index is -0.0296. The third-order valence-electron chi connectivity index (χ3n) is 4.26. The van der Waals surface area contributed by atoms with Gasteiger partial charge in [-0.25, -0.2) is 4.98 Å². The Kier molecular flexibility index (Phi) is 3.86. The van der Waals surface area contributed by atoms with Crippen molar-refractivity contribution in [2.45, 2.75) is 13.5 Å². The van der Waals surface area contributed by atoms with E-state index >= 15 is 0 Å². The summed E-state index contributed by atoms with van der Waals surface area (Å²) < 4.78 is 1.74. The molecule has 0 radical (unpaired) electrons. The van der Waals surface area contributed by atoms with Crippen LogP contribution < -0.4 is 5.56 Å². The quantitative estimate of drug-likeness (QED) is 0.575. The maximum absolute atomic E-state index is 13.1. The zero-order chi connectivity index (χ0) is 17.2. The molecule has 2 aromatic carbocycles. The minimum Gasteiger partial charge on any atom is -0.288 e. The lowest BCUT2D eigenvalue weighted by molar-refractivity contribution is 0.758. The molecule has 25 heavy (non-hydrogen) atoms. The second kappa shape index (κ2) is 6.32. The van der Waals surface area contributed by atoms with E-state index in [4.69, 9.17) is 4.98 Å². The summed E-state index contributed by atoms with van der Waals surface area (Å²) in [6, 6.07) is 19.4. The topological polar surface area (TPSA) is 47.8 Å². The average Bonchev–Trinajstić information content (AvgIpc) is 2.65. The molecule has 0 amide bonds. The van der Waals surface area contributed by atoms with Crippen molar-refractivity contribution < 1.29 is 0 Å². The average molecular weight is 327 g/mol. The highest BCUT2D eigenvalue weighted by molar-refractivity contribution is 5.79. The van der Waals surface area contributed by atoms with Gasteiger partial charge in [-0.3, -0.25) is 14.3 Å². The molecule has 0 bridgehead atoms. The fourth-order valence-corrected chi connectivity index (χ4v) is 2.91. The maximum Gasteiger partial charge on any atom is 0.261 e. The van der Waals surface area contributed by atoms with Crippen molar-refractivity contribution in [2.24, 2.45) is 0 Å². The molecular formula is C21H17N3O. The number of benzene rings is 2. The Morgan fingerprint density at radius 1 is 0.920 bits per heavy atom. The van der Waals surface area contributed by atoms with Crippen LogP contribution >= 0.6 is 0 Å². The summed E-state index contributed by atoms with van der Waals surface area (Å²) in [4.78, 5) is 21.9. The first-order valence-corrected chi connectivity index (χ1v) is 8.18. The molecule has 4 rings (SSSR count). The van der Waals surface area contributed by atoms with Gasteiger partial charge in [0, 0.05) is 18.0 Å². The fourth-order valence-electron chi connectivity index (χ4n) is 2.91. The van der Waals surface area contributed by atoms with Crippen LogP contribution in [0.1, 0.15) is 11.1 Å². The molecule has 2 heterocycles. The summed E-state index contributed by atoms with van der Waals surface area (Å²) in [7, 11) is 0. The largest absolute Gasteiger partial charge is 0.288 e. The standard InChI is InChI=1S/C21H17N3O/c1-15-6-8-17(9-7-15)20-23-19-5-3-2-4-18(19)21(25)24(20)14-16-10-12-22-13-11-16/h2-13H,14H2,1H3. The van der Waals surface area contributed by atoms with E-state index in [9.17, 15) is 4.79 Å². The Balaban J connectivity index is 1.97. The summed E-state index contributed by atoms with van der Waals surface area (Å²) in [6.07, 6.45) is 3.47. The van der Waals surface area contributed by atoms with Gasteiger partial charge in [-0.1, -0.05) is 42.0 Å². The predicted molar refractivity (Wildman–Crippen MR) is 99.5 cm³/mol. The van der Waals surface area contributed by atoms with E-state index in [1.165, 1.54) is 5.56 Å². The van der Waals surface area contributed by atoms with E-state index in [0.29, 0.717) is 23.3 Å². The smallest absolute Gasteiger partial charge is 0.261 e. The van der Waals surface area contributed by atoms with Gasteiger partial charge in [0.2, 0.25) is 0 Å². The molecule has 0 N–H and O–H groups in total. The van der Waals surface area contributed by atoms with Crippen molar-refractivity contribution in [1.82, 2.24) is 14.5 Å². The van der Waals surface area contributed by atoms with Crippen LogP contribution in [0.3, 0.4) is 0 Å². The molecule has 0 saturated heterocycles. The number of hydrogen-bond acceptors (Lipinski definition) is 3. The van der Waals surface area contributed by atoms with E-state index in [1.54, 1.807) is 17.0 Å². The summed E-state index contributed by atoms with van der Waals surface area (Å²) in [5.41, 5.74) is 3.81. The summed E-state index contributed by atoms with van der Waals surface area (Å²) in [6.45, 7) is 2.50. The Labute approximate surface area is 145 Å². The van der Waals surface area contributed by atoms with Crippen molar-refractivity contribution in [3.8, 4) is 11.4 Å². The monoisotopic (exact) mass is 327 g/mol. The molecule has 0 aliphatic heterocycles. The lowest BCUT2D eigenvalue weighted by atomic mass is 10.1. The van der Waals surface area contributed by atoms with Crippen molar-refractivity contribution >= 4 is 10.9 Å². The lowest BCUT2D eigenvalue weighted by Gasteiger charge is -2.14. The number of fused-ring (bicyclic) bond motifs is 1. The van der Waals surface area contributed by atoms with Crippen LogP contribution in [-0.2, 0) is 6.54 Å². The first-order valence-electron chi connectivity index (χ1n) is 8.18. The van der Waals surface area contributed by atoms with Crippen LogP contribution in [0.15, 0.2) is 77.9 Å². The predicted octanol–water partition coefficient (Wildman–Crippen LogP) is 3.82. The van der Waals surface area contributed by atoms with Gasteiger partial charge in [0.1, 0.15) is 5.82 Å². The second-order valence-corrected chi connectivity index (χ2v) is 6.07. The number of aromatic nitrogens is 3. The summed E-state index contributed by atoms with van der Waals surface area (Å²) in [5.74, 6) is 0.681. The summed E-state index contributed by atoms with van der Waals surface area (Å²) >= 11 is 0. The summed E-state index contributed by atoms with van der Waals surface area (Å²) in [5, 5.41) is 0.632. The molecule has 4 nitrogen and oxygen atoms in total. The van der Waals surface area contributed by atoms with E-state index in [0.717, 1.165) is 11.1 Å². The maximum atomic E-state index is 13.1. The number of nitrogens with zero attached hydrogens (tertiary/aromatic N) is 3. The number of pyridine rings is 1. The Morgan fingerprint density at radius 2 is 1.64 bits per heavy atom. The zero-order valence-electron chi connectivity index (χ0n) is 13.9. The molecule has 2 aromatic heterocycles. The van der Waals surface area contributed by atoms with Crippen LogP contribution in [0.5, 0.6) is 0 Å². The zero-order valence-corrected chi connectivity index (χ0v) is 13.9. The second-order valence-electron chi connectivity index (χ2n) is 6.07. The SMILES string of the molecule is Cc1ccc(-c2nc3ccccc3c(=O)n2Cc2ccncc2)cc1. The number of hydrogen-bond donors (Lipinski definition) is 0. The molecular weight excluding hydrogens is 310 g/mol. The molecule has 0 spiro atoms. The van der Waals surface area contributed by atoms with Crippen molar-refractivity contribution in [3.05, 3.63) is 94.5 Å².